The van der Waals surface area contributed by atoms with Crippen molar-refractivity contribution in [3.63, 3.8) is 0 Å². The quantitative estimate of drug-likeness (QED) is 0.164. The number of aromatic nitrogens is 1. The van der Waals surface area contributed by atoms with Crippen LogP contribution in [0.3, 0.4) is 0 Å². The number of hydrogen-bond donors (Lipinski definition) is 5. The summed E-state index contributed by atoms with van der Waals surface area (Å²) in [7, 11) is 0. The molecule has 0 radical (unpaired) electrons. The molecule has 0 saturated carbocycles. The van der Waals surface area contributed by atoms with E-state index in [0.717, 1.165) is 23.9 Å². The maximum absolute atomic E-state index is 14.7. The fraction of sp³-hybridized carbons (Fsp3) is 0.455. The molecule has 5 atom stereocenters. The van der Waals surface area contributed by atoms with Gasteiger partial charge in [-0.05, 0) is 54.5 Å². The Hall–Kier alpha value is -3.90. The van der Waals surface area contributed by atoms with Gasteiger partial charge >= 0.3 is 6.09 Å². The monoisotopic (exact) mass is 693 g/mol. The summed E-state index contributed by atoms with van der Waals surface area (Å²) in [6.45, 7) is 6.23. The Morgan fingerprint density at radius 2 is 1.72 bits per heavy atom. The van der Waals surface area contributed by atoms with Gasteiger partial charge in [-0.15, -0.1) is 0 Å². The van der Waals surface area contributed by atoms with Crippen LogP contribution in [0.4, 0.5) is 13.6 Å². The second-order valence-electron chi connectivity index (χ2n) is 12.3. The second-order valence-corrected chi connectivity index (χ2v) is 13.2. The predicted octanol–water partition coefficient (Wildman–Crippen LogP) is 5.71. The number of nitrogens with two attached hydrogens (primary N) is 1. The molecule has 0 fully saturated rings. The molecule has 14 heteroatoms. The fourth-order valence-electron chi connectivity index (χ4n) is 6.22. The fourth-order valence-corrected chi connectivity index (χ4v) is 6.76. The zero-order valence-corrected chi connectivity index (χ0v) is 28.1. The molecule has 4 amide bonds. The molecular weight excluding hydrogens is 655 g/mol. The summed E-state index contributed by atoms with van der Waals surface area (Å²) in [6, 6.07) is 3.92. The molecule has 6 N–H and O–H groups in total. The minimum atomic E-state index is -1.69. The largest absolute Gasteiger partial charge is 0.465 e. The normalized spacial score (nSPS) is 18.5. The van der Waals surface area contributed by atoms with E-state index in [2.05, 4.69) is 15.6 Å². The van der Waals surface area contributed by atoms with Crippen molar-refractivity contribution in [2.45, 2.75) is 84.0 Å². The summed E-state index contributed by atoms with van der Waals surface area (Å²) in [6.07, 6.45) is -0.471. The van der Waals surface area contributed by atoms with E-state index in [-0.39, 0.29) is 25.2 Å². The zero-order chi connectivity index (χ0) is 34.8. The Kier molecular flexibility index (Phi) is 11.1. The van der Waals surface area contributed by atoms with E-state index in [9.17, 15) is 33.1 Å². The number of rotatable bonds is 12. The highest BCUT2D eigenvalue weighted by molar-refractivity contribution is 6.38. The van der Waals surface area contributed by atoms with E-state index < -0.39 is 71.1 Å². The van der Waals surface area contributed by atoms with Crippen LogP contribution in [0.15, 0.2) is 30.3 Å². The first-order valence-electron chi connectivity index (χ1n) is 15.5. The maximum Gasteiger partial charge on any atom is 0.408 e. The summed E-state index contributed by atoms with van der Waals surface area (Å²) in [5.74, 6) is -5.17. The van der Waals surface area contributed by atoms with Gasteiger partial charge in [0, 0.05) is 28.1 Å². The van der Waals surface area contributed by atoms with Gasteiger partial charge in [0.25, 0.3) is 0 Å². The van der Waals surface area contributed by atoms with E-state index in [1.807, 2.05) is 6.92 Å². The maximum atomic E-state index is 14.7. The molecule has 0 spiro atoms. The molecular formula is C33H39Cl2F2N5O5. The van der Waals surface area contributed by atoms with E-state index >= 15 is 0 Å². The summed E-state index contributed by atoms with van der Waals surface area (Å²) in [5.41, 5.74) is 5.50. The molecule has 4 rings (SSSR count). The highest BCUT2D eigenvalue weighted by Crippen LogP contribution is 2.38. The lowest BCUT2D eigenvalue weighted by molar-refractivity contribution is -0.139. The number of carbonyl (C=O) groups is 4. The molecule has 2 unspecified atom stereocenters. The minimum absolute atomic E-state index is 0.0595. The van der Waals surface area contributed by atoms with Gasteiger partial charge in [0.15, 0.2) is 0 Å². The number of halogens is 4. The van der Waals surface area contributed by atoms with Crippen LogP contribution in [0.2, 0.25) is 10.0 Å². The summed E-state index contributed by atoms with van der Waals surface area (Å²) < 4.78 is 29.3. The number of amides is 4. The molecule has 47 heavy (non-hydrogen) atoms. The van der Waals surface area contributed by atoms with Crippen LogP contribution < -0.4 is 16.4 Å². The standard InChI is InChI=1S/C33H39Cl2F2N5O5/c1-5-16(3)26(29(38)43)40-31(45)33(11-10-25-20(14-33)19-12-18(34)13-22(35)27(19)39-25)41-30(44)28(17(4)6-2)42(32(46)47)15-21-23(36)8-7-9-24(21)37/h7-9,12-13,16-17,26,28,39H,5-6,10-11,14-15H2,1-4H3,(H2,38,43)(H,40,45)(H,41,44)(H,46,47)/t16-,17-,26?,28?,33+/m0/s1. The number of aryl methyl sites for hydroxylation is 1. The Morgan fingerprint density at radius 1 is 1.09 bits per heavy atom. The molecule has 0 aliphatic heterocycles. The molecule has 2 aromatic carbocycles. The van der Waals surface area contributed by atoms with Gasteiger partial charge in [-0.1, -0.05) is 69.8 Å². The average molecular weight is 695 g/mol. The lowest BCUT2D eigenvalue weighted by Crippen LogP contribution is -2.67. The van der Waals surface area contributed by atoms with Crippen molar-refractivity contribution in [2.24, 2.45) is 17.6 Å². The molecule has 10 nitrogen and oxygen atoms in total. The molecule has 1 aromatic heterocycles. The summed E-state index contributed by atoms with van der Waals surface area (Å²) in [5, 5.41) is 17.2. The number of benzene rings is 2. The number of primary amides is 1. The Morgan fingerprint density at radius 3 is 2.30 bits per heavy atom. The van der Waals surface area contributed by atoms with Gasteiger partial charge in [-0.3, -0.25) is 19.3 Å². The number of carboxylic acid groups (broad SMARTS) is 1. The van der Waals surface area contributed by atoms with Crippen LogP contribution >= 0.6 is 23.2 Å². The number of hydrogen-bond acceptors (Lipinski definition) is 4. The third-order valence-electron chi connectivity index (χ3n) is 9.33. The minimum Gasteiger partial charge on any atom is -0.465 e. The van der Waals surface area contributed by atoms with E-state index in [0.29, 0.717) is 44.3 Å². The smallest absolute Gasteiger partial charge is 0.408 e. The molecule has 0 saturated heterocycles. The van der Waals surface area contributed by atoms with Crippen LogP contribution in [0.1, 0.15) is 63.8 Å². The van der Waals surface area contributed by atoms with Gasteiger partial charge in [-0.25, -0.2) is 13.6 Å². The van der Waals surface area contributed by atoms with Gasteiger partial charge in [-0.2, -0.15) is 0 Å². The number of H-pyrrole nitrogens is 1. The van der Waals surface area contributed by atoms with Crippen molar-refractivity contribution in [3.05, 3.63) is 68.8 Å². The summed E-state index contributed by atoms with van der Waals surface area (Å²) >= 11 is 12.8. The molecule has 1 heterocycles. The van der Waals surface area contributed by atoms with Crippen LogP contribution in [-0.4, -0.2) is 56.4 Å². The lowest BCUT2D eigenvalue weighted by atomic mass is 9.78. The SMILES string of the molecule is CC[C@H](C)C(NC(=O)[C@@]1(NC(=O)C([C@@H](C)CC)N(Cc2c(F)cccc2F)C(=O)O)CCc2[nH]c3c(Cl)cc(Cl)cc3c2C1)C(N)=O. The van der Waals surface area contributed by atoms with Crippen LogP contribution in [0.25, 0.3) is 10.9 Å². The van der Waals surface area contributed by atoms with Gasteiger partial charge < -0.3 is 26.5 Å². The van der Waals surface area contributed by atoms with E-state index in [1.165, 1.54) is 0 Å². The zero-order valence-electron chi connectivity index (χ0n) is 26.6. The van der Waals surface area contributed by atoms with E-state index in [1.54, 1.807) is 32.9 Å². The second kappa shape index (κ2) is 14.5. The van der Waals surface area contributed by atoms with Crippen LogP contribution in [0, 0.1) is 23.5 Å². The highest BCUT2D eigenvalue weighted by Gasteiger charge is 2.48. The number of nitrogens with zero attached hydrogens (tertiary/aromatic N) is 1. The number of aromatic amines is 1. The Balaban J connectivity index is 1.81. The Bertz CT molecular complexity index is 1680. The van der Waals surface area contributed by atoms with Crippen molar-refractivity contribution < 1.29 is 33.1 Å². The molecule has 0 bridgehead atoms. The first-order valence-corrected chi connectivity index (χ1v) is 16.2. The number of carbonyl (C=O) groups excluding carboxylic acids is 3. The number of nitrogens with one attached hydrogen (secondary N) is 3. The molecule has 254 valence electrons. The van der Waals surface area contributed by atoms with Crippen LogP contribution in [-0.2, 0) is 33.8 Å². The summed E-state index contributed by atoms with van der Waals surface area (Å²) in [4.78, 5) is 57.7. The van der Waals surface area contributed by atoms with Crippen molar-refractivity contribution >= 4 is 57.9 Å². The third-order valence-corrected chi connectivity index (χ3v) is 9.84. The highest BCUT2D eigenvalue weighted by atomic mass is 35.5. The molecule has 1 aliphatic rings. The van der Waals surface area contributed by atoms with Crippen LogP contribution in [0.5, 0.6) is 0 Å². The van der Waals surface area contributed by atoms with Crippen molar-refractivity contribution in [2.75, 3.05) is 0 Å². The first-order chi connectivity index (χ1) is 22.1. The first kappa shape index (κ1) is 35.9. The molecule has 1 aliphatic carbocycles. The van der Waals surface area contributed by atoms with Crippen molar-refractivity contribution in [3.8, 4) is 0 Å². The van der Waals surface area contributed by atoms with Gasteiger partial charge in [0.05, 0.1) is 17.1 Å². The van der Waals surface area contributed by atoms with Crippen molar-refractivity contribution in [1.29, 1.82) is 0 Å². The Labute approximate surface area is 281 Å². The molecule has 3 aromatic rings. The van der Waals surface area contributed by atoms with E-state index in [4.69, 9.17) is 28.9 Å². The number of fused-ring (bicyclic) bond motifs is 3. The van der Waals surface area contributed by atoms with Gasteiger partial charge in [0.2, 0.25) is 17.7 Å². The topological polar surface area (TPSA) is 158 Å². The van der Waals surface area contributed by atoms with Gasteiger partial charge in [0.1, 0.15) is 29.3 Å². The third kappa shape index (κ3) is 7.33. The predicted molar refractivity (Wildman–Crippen MR) is 175 cm³/mol. The van der Waals surface area contributed by atoms with Crippen molar-refractivity contribution in [1.82, 2.24) is 20.5 Å². The lowest BCUT2D eigenvalue weighted by Gasteiger charge is -2.41. The average Bonchev–Trinajstić information content (AvgIpc) is 3.37.